The van der Waals surface area contributed by atoms with Crippen LogP contribution in [0.4, 0.5) is 11.4 Å². The second-order valence-electron chi connectivity index (χ2n) is 7.36. The fourth-order valence-corrected chi connectivity index (χ4v) is 5.08. The Morgan fingerprint density at radius 3 is 2.55 bits per heavy atom. The minimum Gasteiger partial charge on any atom is -0.481 e. The van der Waals surface area contributed by atoms with E-state index in [4.69, 9.17) is 5.11 Å². The smallest absolute Gasteiger partial charge is 0.303 e. The van der Waals surface area contributed by atoms with Crippen LogP contribution in [0.5, 0.6) is 0 Å². The van der Waals surface area contributed by atoms with Crippen molar-refractivity contribution in [1.82, 2.24) is 0 Å². The average molecular weight is 505 g/mol. The normalized spacial score (nSPS) is 15.8. The summed E-state index contributed by atoms with van der Waals surface area (Å²) >= 11 is 5.06. The molecule has 2 amide bonds. The molecule has 8 heteroatoms. The Hall–Kier alpha value is -2.32. The third kappa shape index (κ3) is 6.58. The lowest BCUT2D eigenvalue weighted by molar-refractivity contribution is -0.137. The number of unbranched alkanes of at least 4 members (excludes halogenated alkanes) is 3. The lowest BCUT2D eigenvalue weighted by Crippen LogP contribution is -2.29. The maximum Gasteiger partial charge on any atom is 0.303 e. The van der Waals surface area contributed by atoms with E-state index in [0.29, 0.717) is 36.4 Å². The zero-order valence-corrected chi connectivity index (χ0v) is 19.5. The summed E-state index contributed by atoms with van der Waals surface area (Å²) in [7, 11) is 0. The van der Waals surface area contributed by atoms with Crippen LogP contribution in [-0.4, -0.2) is 28.6 Å². The van der Waals surface area contributed by atoms with Crippen LogP contribution in [0, 0.1) is 0 Å². The number of hydrogen-bond donors (Lipinski definition) is 2. The molecule has 1 atom stereocenters. The van der Waals surface area contributed by atoms with Crippen molar-refractivity contribution >= 4 is 56.9 Å². The highest BCUT2D eigenvalue weighted by molar-refractivity contribution is 9.10. The van der Waals surface area contributed by atoms with Crippen molar-refractivity contribution in [2.75, 3.05) is 16.0 Å². The van der Waals surface area contributed by atoms with E-state index in [-0.39, 0.29) is 23.6 Å². The summed E-state index contributed by atoms with van der Waals surface area (Å²) in [5.41, 5.74) is 2.33. The molecule has 31 heavy (non-hydrogen) atoms. The maximum absolute atomic E-state index is 12.7. The summed E-state index contributed by atoms with van der Waals surface area (Å²) in [5, 5.41) is 11.5. The topological polar surface area (TPSA) is 86.7 Å². The van der Waals surface area contributed by atoms with Crippen LogP contribution in [0.2, 0.25) is 0 Å². The first-order chi connectivity index (χ1) is 15.0. The molecular weight excluding hydrogens is 480 g/mol. The molecule has 2 aromatic carbocycles. The van der Waals surface area contributed by atoms with Crippen LogP contribution in [0.3, 0.4) is 0 Å². The molecule has 0 saturated carbocycles. The number of carboxylic acids is 1. The first kappa shape index (κ1) is 23.3. The van der Waals surface area contributed by atoms with Gasteiger partial charge < -0.3 is 10.4 Å². The zero-order chi connectivity index (χ0) is 22.2. The highest BCUT2D eigenvalue weighted by Gasteiger charge is 2.35. The first-order valence-corrected chi connectivity index (χ1v) is 12.1. The number of nitrogens with zero attached hydrogens (tertiary/aromatic N) is 1. The van der Waals surface area contributed by atoms with Gasteiger partial charge in [0.05, 0.1) is 17.1 Å². The molecule has 0 radical (unpaired) electrons. The zero-order valence-electron chi connectivity index (χ0n) is 17.1. The van der Waals surface area contributed by atoms with Crippen LogP contribution in [0.1, 0.15) is 49.5 Å². The van der Waals surface area contributed by atoms with Gasteiger partial charge in [0.25, 0.3) is 0 Å². The fraction of sp³-hybridized carbons (Fsp3) is 0.348. The van der Waals surface area contributed by atoms with Gasteiger partial charge in [-0.15, -0.1) is 11.8 Å². The molecule has 0 aromatic heterocycles. The van der Waals surface area contributed by atoms with Crippen molar-refractivity contribution in [1.29, 1.82) is 0 Å². The standard InChI is InChI=1S/C23H25BrN2O4S/c24-17-9-7-8-16(14-17)23-26(21(28)15-31-23)19-11-6-5-10-18(19)25-20(27)12-3-1-2-4-13-22(29)30/h5-11,14,23H,1-4,12-13,15H2,(H,25,27)(H,29,30). The van der Waals surface area contributed by atoms with E-state index in [9.17, 15) is 14.4 Å². The van der Waals surface area contributed by atoms with Gasteiger partial charge in [-0.2, -0.15) is 0 Å². The Bertz CT molecular complexity index is 953. The van der Waals surface area contributed by atoms with Crippen LogP contribution in [0.15, 0.2) is 53.0 Å². The van der Waals surface area contributed by atoms with E-state index in [0.717, 1.165) is 22.9 Å². The molecule has 164 valence electrons. The molecule has 6 nitrogen and oxygen atoms in total. The van der Waals surface area contributed by atoms with Crippen molar-refractivity contribution in [3.8, 4) is 0 Å². The Labute approximate surface area is 194 Å². The Balaban J connectivity index is 1.66. The molecule has 1 fully saturated rings. The summed E-state index contributed by atoms with van der Waals surface area (Å²) in [5.74, 6) is -0.500. The highest BCUT2D eigenvalue weighted by atomic mass is 79.9. The molecule has 1 saturated heterocycles. The molecule has 1 aliphatic heterocycles. The largest absolute Gasteiger partial charge is 0.481 e. The third-order valence-corrected chi connectivity index (χ3v) is 6.69. The number of thioether (sulfide) groups is 1. The molecule has 2 aromatic rings. The molecule has 0 spiro atoms. The van der Waals surface area contributed by atoms with Crippen LogP contribution in [-0.2, 0) is 14.4 Å². The van der Waals surface area contributed by atoms with Gasteiger partial charge in [-0.1, -0.05) is 53.0 Å². The molecule has 0 bridgehead atoms. The molecule has 2 N–H and O–H groups in total. The SMILES string of the molecule is O=C(O)CCCCCCC(=O)Nc1ccccc1N1C(=O)CSC1c1cccc(Br)c1. The summed E-state index contributed by atoms with van der Waals surface area (Å²) < 4.78 is 0.954. The van der Waals surface area contributed by atoms with E-state index in [1.165, 1.54) is 0 Å². The van der Waals surface area contributed by atoms with E-state index in [2.05, 4.69) is 21.2 Å². The van der Waals surface area contributed by atoms with Crippen molar-refractivity contribution in [2.45, 2.75) is 43.9 Å². The second kappa shape index (κ2) is 11.3. The van der Waals surface area contributed by atoms with Gasteiger partial charge in [0.1, 0.15) is 5.37 Å². The highest BCUT2D eigenvalue weighted by Crippen LogP contribution is 2.44. The van der Waals surface area contributed by atoms with Crippen LogP contribution >= 0.6 is 27.7 Å². The number of halogens is 1. The number of nitrogens with one attached hydrogen (secondary N) is 1. The van der Waals surface area contributed by atoms with Gasteiger partial charge in [0, 0.05) is 17.3 Å². The molecule has 3 rings (SSSR count). The number of hydrogen-bond acceptors (Lipinski definition) is 4. The number of benzene rings is 2. The van der Waals surface area contributed by atoms with Gasteiger partial charge in [-0.3, -0.25) is 19.3 Å². The number of carbonyl (C=O) groups excluding carboxylic acids is 2. The number of rotatable bonds is 10. The summed E-state index contributed by atoms with van der Waals surface area (Å²) in [6.45, 7) is 0. The van der Waals surface area contributed by atoms with E-state index in [1.807, 2.05) is 48.5 Å². The van der Waals surface area contributed by atoms with Gasteiger partial charge in [-0.25, -0.2) is 0 Å². The summed E-state index contributed by atoms with van der Waals surface area (Å²) in [4.78, 5) is 37.5. The van der Waals surface area contributed by atoms with E-state index < -0.39 is 5.97 Å². The molecule has 0 aliphatic carbocycles. The molecular formula is C23H25BrN2O4S. The van der Waals surface area contributed by atoms with Crippen molar-refractivity contribution in [3.05, 3.63) is 58.6 Å². The summed E-state index contributed by atoms with van der Waals surface area (Å²) in [6, 6.07) is 15.3. The Kier molecular flexibility index (Phi) is 8.54. The van der Waals surface area contributed by atoms with Crippen molar-refractivity contribution in [2.24, 2.45) is 0 Å². The predicted molar refractivity (Wildman–Crippen MR) is 127 cm³/mol. The molecule has 1 aliphatic rings. The number of para-hydroxylation sites is 2. The predicted octanol–water partition coefficient (Wildman–Crippen LogP) is 5.59. The van der Waals surface area contributed by atoms with Gasteiger partial charge in [0.15, 0.2) is 0 Å². The molecule has 1 heterocycles. The average Bonchev–Trinajstić information content (AvgIpc) is 3.12. The third-order valence-electron chi connectivity index (χ3n) is 4.98. The van der Waals surface area contributed by atoms with Crippen molar-refractivity contribution in [3.63, 3.8) is 0 Å². The minimum atomic E-state index is -0.787. The number of carboxylic acid groups (broad SMARTS) is 1. The first-order valence-electron chi connectivity index (χ1n) is 10.3. The monoisotopic (exact) mass is 504 g/mol. The van der Waals surface area contributed by atoms with Crippen LogP contribution in [0.25, 0.3) is 0 Å². The quantitative estimate of drug-likeness (QED) is 0.411. The van der Waals surface area contributed by atoms with E-state index in [1.54, 1.807) is 16.7 Å². The van der Waals surface area contributed by atoms with Gasteiger partial charge in [0.2, 0.25) is 11.8 Å². The molecule has 1 unspecified atom stereocenters. The fourth-order valence-electron chi connectivity index (χ4n) is 3.51. The second-order valence-corrected chi connectivity index (χ2v) is 9.34. The van der Waals surface area contributed by atoms with Crippen molar-refractivity contribution < 1.29 is 19.5 Å². The number of amides is 2. The lowest BCUT2D eigenvalue weighted by atomic mass is 10.1. The lowest BCUT2D eigenvalue weighted by Gasteiger charge is -2.26. The number of carbonyl (C=O) groups is 3. The number of anilines is 2. The van der Waals surface area contributed by atoms with Crippen LogP contribution < -0.4 is 10.2 Å². The van der Waals surface area contributed by atoms with Gasteiger partial charge in [-0.05, 0) is 42.7 Å². The maximum atomic E-state index is 12.7. The van der Waals surface area contributed by atoms with Gasteiger partial charge >= 0.3 is 5.97 Å². The van der Waals surface area contributed by atoms with E-state index >= 15 is 0 Å². The number of aliphatic carboxylic acids is 1. The minimum absolute atomic E-state index is 0.00936. The Morgan fingerprint density at radius 1 is 1.06 bits per heavy atom. The Morgan fingerprint density at radius 2 is 1.81 bits per heavy atom. The summed E-state index contributed by atoms with van der Waals surface area (Å²) in [6.07, 6.45) is 3.47.